The van der Waals surface area contributed by atoms with Crippen LogP contribution >= 0.6 is 0 Å². The molecule has 5 nitrogen and oxygen atoms in total. The molecule has 1 atom stereocenters. The zero-order valence-corrected chi connectivity index (χ0v) is 19.8. The topological polar surface area (TPSA) is 56.3 Å². The molecule has 0 aliphatic carbocycles. The van der Waals surface area contributed by atoms with Gasteiger partial charge in [-0.3, -0.25) is 4.90 Å². The first kappa shape index (κ1) is 23.2. The summed E-state index contributed by atoms with van der Waals surface area (Å²) >= 11 is 0. The third-order valence-corrected chi connectivity index (χ3v) is 6.99. The van der Waals surface area contributed by atoms with Crippen molar-refractivity contribution in [3.05, 3.63) is 78.0 Å². The van der Waals surface area contributed by atoms with Gasteiger partial charge in [0.25, 0.3) is 0 Å². The van der Waals surface area contributed by atoms with Crippen LogP contribution in [0.3, 0.4) is 0 Å². The number of aromatic nitrogens is 1. The average Bonchev–Trinajstić information content (AvgIpc) is 3.32. The van der Waals surface area contributed by atoms with Crippen molar-refractivity contribution in [2.75, 3.05) is 32.7 Å². The van der Waals surface area contributed by atoms with Crippen molar-refractivity contribution < 1.29 is 4.52 Å². The summed E-state index contributed by atoms with van der Waals surface area (Å²) in [4.78, 5) is 4.98. The molecule has 0 spiro atoms. The smallest absolute Gasteiger partial charge is 0.167 e. The lowest BCUT2D eigenvalue weighted by atomic mass is 9.70. The maximum Gasteiger partial charge on any atom is 0.167 e. The highest BCUT2D eigenvalue weighted by atomic mass is 16.5. The largest absolute Gasteiger partial charge is 0.356 e. The fourth-order valence-electron chi connectivity index (χ4n) is 4.86. The second-order valence-electron chi connectivity index (χ2n) is 9.37. The van der Waals surface area contributed by atoms with E-state index in [1.54, 1.807) is 0 Å². The Bertz CT molecular complexity index is 1030. The van der Waals surface area contributed by atoms with Crippen LogP contribution in [-0.2, 0) is 12.0 Å². The van der Waals surface area contributed by atoms with Crippen LogP contribution in [0.5, 0.6) is 0 Å². The maximum absolute atomic E-state index is 10.1. The standard InChI is InChI=1S/C28H34N4O/c1-23(2)28(22-29,25-12-7-4-8-13-25)14-9-15-31-16-18-32(19-17-31)21-26-20-27(33-30-26)24-10-5-3-6-11-24/h3-8,10-13,20,23H,9,14-19,21H2,1-2H3. The van der Waals surface area contributed by atoms with Crippen molar-refractivity contribution in [3.8, 4) is 17.4 Å². The van der Waals surface area contributed by atoms with Crippen molar-refractivity contribution in [3.63, 3.8) is 0 Å². The van der Waals surface area contributed by atoms with Gasteiger partial charge < -0.3 is 9.42 Å². The molecule has 1 aliphatic heterocycles. The number of hydrogen-bond donors (Lipinski definition) is 0. The average molecular weight is 443 g/mol. The SMILES string of the molecule is CC(C)C(C#N)(CCCN1CCN(Cc2cc(-c3ccccc3)on2)CC1)c1ccccc1. The molecule has 1 aromatic heterocycles. The Morgan fingerprint density at radius 2 is 1.61 bits per heavy atom. The van der Waals surface area contributed by atoms with Crippen LogP contribution in [0, 0.1) is 17.2 Å². The highest BCUT2D eigenvalue weighted by molar-refractivity contribution is 5.56. The summed E-state index contributed by atoms with van der Waals surface area (Å²) in [6.07, 6.45) is 1.93. The predicted octanol–water partition coefficient (Wildman–Crippen LogP) is 5.36. The van der Waals surface area contributed by atoms with E-state index in [2.05, 4.69) is 53.1 Å². The summed E-state index contributed by atoms with van der Waals surface area (Å²) in [5, 5.41) is 14.4. The zero-order chi connectivity index (χ0) is 23.1. The van der Waals surface area contributed by atoms with E-state index in [0.717, 1.165) is 74.7 Å². The Morgan fingerprint density at radius 3 is 2.24 bits per heavy atom. The van der Waals surface area contributed by atoms with E-state index < -0.39 is 5.41 Å². The Labute approximate surface area is 197 Å². The number of benzene rings is 2. The third kappa shape index (κ3) is 5.52. The lowest BCUT2D eigenvalue weighted by Gasteiger charge is -2.36. The predicted molar refractivity (Wildman–Crippen MR) is 131 cm³/mol. The molecule has 2 heterocycles. The van der Waals surface area contributed by atoms with Crippen LogP contribution in [0.2, 0.25) is 0 Å². The summed E-state index contributed by atoms with van der Waals surface area (Å²) in [6, 6.07) is 25.2. The quantitative estimate of drug-likeness (QED) is 0.447. The van der Waals surface area contributed by atoms with E-state index >= 15 is 0 Å². The maximum atomic E-state index is 10.1. The van der Waals surface area contributed by atoms with Crippen LogP contribution in [0.4, 0.5) is 0 Å². The molecule has 0 amide bonds. The summed E-state index contributed by atoms with van der Waals surface area (Å²) < 4.78 is 5.55. The molecular weight excluding hydrogens is 408 g/mol. The summed E-state index contributed by atoms with van der Waals surface area (Å²) in [7, 11) is 0. The number of hydrogen-bond acceptors (Lipinski definition) is 5. The summed E-state index contributed by atoms with van der Waals surface area (Å²) in [5.41, 5.74) is 2.79. The molecule has 5 heteroatoms. The summed E-state index contributed by atoms with van der Waals surface area (Å²) in [5.74, 6) is 1.11. The van der Waals surface area contributed by atoms with Gasteiger partial charge in [0.2, 0.25) is 0 Å². The van der Waals surface area contributed by atoms with E-state index in [0.29, 0.717) is 0 Å². The first-order valence-electron chi connectivity index (χ1n) is 12.0. The van der Waals surface area contributed by atoms with Gasteiger partial charge in [0, 0.05) is 44.4 Å². The van der Waals surface area contributed by atoms with E-state index in [9.17, 15) is 5.26 Å². The van der Waals surface area contributed by atoms with E-state index in [-0.39, 0.29) is 5.92 Å². The first-order chi connectivity index (χ1) is 16.1. The number of rotatable bonds is 9. The molecule has 3 aromatic rings. The van der Waals surface area contributed by atoms with Crippen LogP contribution in [0.1, 0.15) is 37.9 Å². The Hall–Kier alpha value is -2.94. The van der Waals surface area contributed by atoms with Crippen molar-refractivity contribution >= 4 is 0 Å². The fourth-order valence-corrected chi connectivity index (χ4v) is 4.86. The molecule has 1 aliphatic rings. The first-order valence-corrected chi connectivity index (χ1v) is 12.0. The Morgan fingerprint density at radius 1 is 0.970 bits per heavy atom. The summed E-state index contributed by atoms with van der Waals surface area (Å²) in [6.45, 7) is 10.4. The van der Waals surface area contributed by atoms with Crippen molar-refractivity contribution in [1.29, 1.82) is 5.26 Å². The lowest BCUT2D eigenvalue weighted by Crippen LogP contribution is -2.46. The van der Waals surface area contributed by atoms with Gasteiger partial charge in [-0.2, -0.15) is 5.26 Å². The number of nitriles is 1. The number of piperazine rings is 1. The fraction of sp³-hybridized carbons (Fsp3) is 0.429. The van der Waals surface area contributed by atoms with E-state index in [4.69, 9.17) is 4.52 Å². The zero-order valence-electron chi connectivity index (χ0n) is 19.8. The third-order valence-electron chi connectivity index (χ3n) is 6.99. The van der Waals surface area contributed by atoms with Gasteiger partial charge >= 0.3 is 0 Å². The van der Waals surface area contributed by atoms with Gasteiger partial charge in [-0.25, -0.2) is 0 Å². The van der Waals surface area contributed by atoms with Gasteiger partial charge in [-0.1, -0.05) is 79.7 Å². The molecule has 33 heavy (non-hydrogen) atoms. The van der Waals surface area contributed by atoms with Gasteiger partial charge in [0.1, 0.15) is 0 Å². The van der Waals surface area contributed by atoms with Gasteiger partial charge in [0.15, 0.2) is 5.76 Å². The molecule has 2 aromatic carbocycles. The molecule has 0 bridgehead atoms. The molecule has 0 radical (unpaired) electrons. The molecule has 1 unspecified atom stereocenters. The minimum Gasteiger partial charge on any atom is -0.356 e. The van der Waals surface area contributed by atoms with E-state index in [1.165, 1.54) is 0 Å². The number of nitrogens with zero attached hydrogens (tertiary/aromatic N) is 4. The second-order valence-corrected chi connectivity index (χ2v) is 9.37. The minimum atomic E-state index is -0.410. The molecule has 1 fully saturated rings. The molecule has 0 saturated carbocycles. The van der Waals surface area contributed by atoms with Gasteiger partial charge in [-0.15, -0.1) is 0 Å². The normalized spacial score (nSPS) is 17.0. The van der Waals surface area contributed by atoms with Crippen LogP contribution < -0.4 is 0 Å². The van der Waals surface area contributed by atoms with Crippen LogP contribution in [0.15, 0.2) is 71.3 Å². The van der Waals surface area contributed by atoms with Crippen LogP contribution in [0.25, 0.3) is 11.3 Å². The highest BCUT2D eigenvalue weighted by Crippen LogP contribution is 2.36. The van der Waals surface area contributed by atoms with Crippen molar-refractivity contribution in [2.24, 2.45) is 5.92 Å². The molecule has 1 saturated heterocycles. The second kappa shape index (κ2) is 10.8. The molecule has 4 rings (SSSR count). The van der Waals surface area contributed by atoms with Crippen molar-refractivity contribution in [2.45, 2.75) is 38.6 Å². The van der Waals surface area contributed by atoms with Gasteiger partial charge in [-0.05, 0) is 30.9 Å². The monoisotopic (exact) mass is 442 g/mol. The molecule has 172 valence electrons. The Kier molecular flexibility index (Phi) is 7.59. The van der Waals surface area contributed by atoms with E-state index in [1.807, 2.05) is 48.5 Å². The van der Waals surface area contributed by atoms with Gasteiger partial charge in [0.05, 0.1) is 17.2 Å². The van der Waals surface area contributed by atoms with Crippen molar-refractivity contribution in [1.82, 2.24) is 15.0 Å². The minimum absolute atomic E-state index is 0.282. The molecular formula is C28H34N4O. The molecule has 0 N–H and O–H groups in total. The highest BCUT2D eigenvalue weighted by Gasteiger charge is 2.35. The Balaban J connectivity index is 1.25. The lowest BCUT2D eigenvalue weighted by molar-refractivity contribution is 0.121. The van der Waals surface area contributed by atoms with Crippen LogP contribution in [-0.4, -0.2) is 47.7 Å².